The minimum atomic E-state index is -0.707. The summed E-state index contributed by atoms with van der Waals surface area (Å²) in [5.41, 5.74) is -0.267. The zero-order valence-electron chi connectivity index (χ0n) is 6.33. The Morgan fingerprint density at radius 1 is 1.15 bits per heavy atom. The van der Waals surface area contributed by atoms with Crippen LogP contribution in [-0.2, 0) is 0 Å². The van der Waals surface area contributed by atoms with E-state index in [0.29, 0.717) is 0 Å². The highest BCUT2D eigenvalue weighted by molar-refractivity contribution is 5.55. The second kappa shape index (κ2) is 2.89. The Morgan fingerprint density at radius 2 is 1.85 bits per heavy atom. The number of hydrogen-bond donors (Lipinski definition) is 1. The molecule has 0 saturated heterocycles. The lowest BCUT2D eigenvalue weighted by atomic mass is 10.2. The maximum atomic E-state index is 13.1. The average molecular weight is 182 g/mol. The molecule has 0 fully saturated rings. The molecule has 2 rings (SSSR count). The maximum absolute atomic E-state index is 13.1. The second-order valence-corrected chi connectivity index (χ2v) is 2.33. The maximum Gasteiger partial charge on any atom is 0.210 e. The van der Waals surface area contributed by atoms with Crippen LogP contribution in [0.1, 0.15) is 0 Å². The lowest BCUT2D eigenvalue weighted by Crippen LogP contribution is -1.91. The number of hydrogen-bond acceptors (Lipinski definition) is 3. The Morgan fingerprint density at radius 3 is 2.38 bits per heavy atom. The van der Waals surface area contributed by atoms with Crippen molar-refractivity contribution in [3.8, 4) is 11.4 Å². The van der Waals surface area contributed by atoms with Gasteiger partial charge in [-0.2, -0.15) is 5.21 Å². The standard InChI is InChI=1S/C7H4F2N4/c8-4-2-1-3-5(9)6(4)7-10-12-13-11-7/h1-3H,(H,10,11,12,13). The lowest BCUT2D eigenvalue weighted by molar-refractivity contribution is 0.587. The minimum absolute atomic E-state index is 0.0874. The molecule has 0 aliphatic carbocycles. The second-order valence-electron chi connectivity index (χ2n) is 2.33. The molecular weight excluding hydrogens is 178 g/mol. The van der Waals surface area contributed by atoms with Crippen molar-refractivity contribution in [2.24, 2.45) is 0 Å². The molecule has 0 saturated carbocycles. The zero-order valence-corrected chi connectivity index (χ0v) is 6.33. The van der Waals surface area contributed by atoms with Gasteiger partial charge in [-0.1, -0.05) is 6.07 Å². The predicted molar refractivity (Wildman–Crippen MR) is 39.5 cm³/mol. The average Bonchev–Trinajstić information content (AvgIpc) is 2.57. The third-order valence-corrected chi connectivity index (χ3v) is 1.53. The summed E-state index contributed by atoms with van der Waals surface area (Å²) in [4.78, 5) is 0. The highest BCUT2D eigenvalue weighted by Crippen LogP contribution is 2.20. The third-order valence-electron chi connectivity index (χ3n) is 1.53. The van der Waals surface area contributed by atoms with Crippen LogP contribution in [0.2, 0.25) is 0 Å². The van der Waals surface area contributed by atoms with Crippen molar-refractivity contribution >= 4 is 0 Å². The number of nitrogens with one attached hydrogen (secondary N) is 1. The molecule has 1 N–H and O–H groups in total. The molecule has 2 aromatic rings. The SMILES string of the molecule is Fc1cccc(F)c1-c1nn[nH]n1. The first-order valence-electron chi connectivity index (χ1n) is 3.47. The van der Waals surface area contributed by atoms with Crippen molar-refractivity contribution in [2.75, 3.05) is 0 Å². The highest BCUT2D eigenvalue weighted by atomic mass is 19.1. The van der Waals surface area contributed by atoms with Crippen molar-refractivity contribution in [3.05, 3.63) is 29.8 Å². The van der Waals surface area contributed by atoms with Crippen molar-refractivity contribution in [1.82, 2.24) is 20.6 Å². The van der Waals surface area contributed by atoms with Gasteiger partial charge in [-0.15, -0.1) is 10.2 Å². The molecule has 0 amide bonds. The van der Waals surface area contributed by atoms with E-state index in [1.807, 2.05) is 0 Å². The van der Waals surface area contributed by atoms with Gasteiger partial charge in [-0.3, -0.25) is 0 Å². The first-order chi connectivity index (χ1) is 6.29. The molecule has 0 aliphatic heterocycles. The summed E-state index contributed by atoms with van der Waals surface area (Å²) in [6.45, 7) is 0. The quantitative estimate of drug-likeness (QED) is 0.719. The topological polar surface area (TPSA) is 54.5 Å². The Hall–Kier alpha value is -1.85. The summed E-state index contributed by atoms with van der Waals surface area (Å²) in [6.07, 6.45) is 0. The molecule has 4 nitrogen and oxygen atoms in total. The summed E-state index contributed by atoms with van der Waals surface area (Å²) >= 11 is 0. The zero-order chi connectivity index (χ0) is 9.26. The fraction of sp³-hybridized carbons (Fsp3) is 0. The number of halogens is 2. The fourth-order valence-corrected chi connectivity index (χ4v) is 0.979. The predicted octanol–water partition coefficient (Wildman–Crippen LogP) is 1.14. The van der Waals surface area contributed by atoms with Crippen LogP contribution in [0.3, 0.4) is 0 Å². The van der Waals surface area contributed by atoms with E-state index < -0.39 is 11.6 Å². The van der Waals surface area contributed by atoms with E-state index in [2.05, 4.69) is 20.6 Å². The van der Waals surface area contributed by atoms with Gasteiger partial charge in [0.15, 0.2) is 0 Å². The molecule has 0 bridgehead atoms. The summed E-state index contributed by atoms with van der Waals surface area (Å²) in [5.74, 6) is -1.50. The number of benzene rings is 1. The highest BCUT2D eigenvalue weighted by Gasteiger charge is 2.14. The lowest BCUT2D eigenvalue weighted by Gasteiger charge is -1.97. The van der Waals surface area contributed by atoms with E-state index >= 15 is 0 Å². The van der Waals surface area contributed by atoms with Crippen LogP contribution >= 0.6 is 0 Å². The molecule has 0 radical (unpaired) electrons. The van der Waals surface area contributed by atoms with Gasteiger partial charge >= 0.3 is 0 Å². The van der Waals surface area contributed by atoms with E-state index in [4.69, 9.17) is 0 Å². The van der Waals surface area contributed by atoms with Gasteiger partial charge < -0.3 is 0 Å². The Balaban J connectivity index is 2.64. The monoisotopic (exact) mass is 182 g/mol. The Kier molecular flexibility index (Phi) is 1.73. The van der Waals surface area contributed by atoms with E-state index in [9.17, 15) is 8.78 Å². The number of aromatic nitrogens is 4. The van der Waals surface area contributed by atoms with Crippen molar-refractivity contribution in [1.29, 1.82) is 0 Å². The van der Waals surface area contributed by atoms with Crippen LogP contribution in [-0.4, -0.2) is 20.6 Å². The van der Waals surface area contributed by atoms with E-state index in [-0.39, 0.29) is 11.4 Å². The van der Waals surface area contributed by atoms with Gasteiger partial charge in [0.25, 0.3) is 0 Å². The first kappa shape index (κ1) is 7.78. The normalized spacial score (nSPS) is 10.3. The third kappa shape index (κ3) is 1.26. The molecule has 1 aromatic carbocycles. The van der Waals surface area contributed by atoms with E-state index in [1.165, 1.54) is 6.07 Å². The van der Waals surface area contributed by atoms with Crippen LogP contribution in [0.4, 0.5) is 8.78 Å². The fourth-order valence-electron chi connectivity index (χ4n) is 0.979. The molecular formula is C7H4F2N4. The van der Waals surface area contributed by atoms with E-state index in [1.54, 1.807) is 0 Å². The molecule has 0 unspecified atom stereocenters. The molecule has 6 heteroatoms. The number of tetrazole rings is 1. The Labute approximate surface area is 71.6 Å². The van der Waals surface area contributed by atoms with Crippen LogP contribution in [0.15, 0.2) is 18.2 Å². The number of H-pyrrole nitrogens is 1. The van der Waals surface area contributed by atoms with Crippen molar-refractivity contribution in [3.63, 3.8) is 0 Å². The van der Waals surface area contributed by atoms with Crippen LogP contribution < -0.4 is 0 Å². The van der Waals surface area contributed by atoms with Gasteiger partial charge in [0, 0.05) is 0 Å². The van der Waals surface area contributed by atoms with Gasteiger partial charge in [0.05, 0.1) is 5.56 Å². The number of rotatable bonds is 1. The minimum Gasteiger partial charge on any atom is -0.206 e. The molecule has 1 heterocycles. The Bertz CT molecular complexity index is 392. The van der Waals surface area contributed by atoms with Crippen molar-refractivity contribution in [2.45, 2.75) is 0 Å². The molecule has 1 aromatic heterocycles. The van der Waals surface area contributed by atoms with E-state index in [0.717, 1.165) is 12.1 Å². The van der Waals surface area contributed by atoms with Gasteiger partial charge in [0.2, 0.25) is 5.82 Å². The molecule has 13 heavy (non-hydrogen) atoms. The molecule has 0 aliphatic rings. The summed E-state index contributed by atoms with van der Waals surface area (Å²) in [6, 6.07) is 3.54. The summed E-state index contributed by atoms with van der Waals surface area (Å²) in [5, 5.41) is 12.3. The first-order valence-corrected chi connectivity index (χ1v) is 3.47. The smallest absolute Gasteiger partial charge is 0.206 e. The largest absolute Gasteiger partial charge is 0.210 e. The van der Waals surface area contributed by atoms with Crippen LogP contribution in [0.5, 0.6) is 0 Å². The summed E-state index contributed by atoms with van der Waals surface area (Å²) < 4.78 is 26.1. The number of aromatic amines is 1. The van der Waals surface area contributed by atoms with Gasteiger partial charge in [-0.05, 0) is 17.3 Å². The van der Waals surface area contributed by atoms with Crippen molar-refractivity contribution < 1.29 is 8.78 Å². The molecule has 0 spiro atoms. The van der Waals surface area contributed by atoms with Gasteiger partial charge in [0.1, 0.15) is 11.6 Å². The van der Waals surface area contributed by atoms with Gasteiger partial charge in [-0.25, -0.2) is 8.78 Å². The summed E-state index contributed by atoms with van der Waals surface area (Å²) in [7, 11) is 0. The molecule has 0 atom stereocenters. The van der Waals surface area contributed by atoms with Crippen LogP contribution in [0.25, 0.3) is 11.4 Å². The number of nitrogens with zero attached hydrogens (tertiary/aromatic N) is 3. The van der Waals surface area contributed by atoms with Crippen LogP contribution in [0, 0.1) is 11.6 Å². The molecule has 66 valence electrons.